The molecule has 1 fully saturated rings. The van der Waals surface area contributed by atoms with E-state index in [1.54, 1.807) is 6.07 Å². The molecule has 2 nitrogen and oxygen atoms in total. The summed E-state index contributed by atoms with van der Waals surface area (Å²) in [5.41, 5.74) is -0.120. The van der Waals surface area contributed by atoms with Gasteiger partial charge in [0.25, 0.3) is 0 Å². The van der Waals surface area contributed by atoms with Crippen LogP contribution in [0.5, 0.6) is 0 Å². The molecule has 1 aliphatic heterocycles. The molecular formula is C12H15ClF3NO. The van der Waals surface area contributed by atoms with E-state index in [9.17, 15) is 13.2 Å². The van der Waals surface area contributed by atoms with Crippen molar-refractivity contribution in [2.75, 3.05) is 13.2 Å². The first-order chi connectivity index (χ1) is 7.97. The lowest BCUT2D eigenvalue weighted by molar-refractivity contribution is -0.137. The molecule has 0 aliphatic carbocycles. The molecule has 0 aromatic heterocycles. The van der Waals surface area contributed by atoms with Gasteiger partial charge in [0.15, 0.2) is 0 Å². The van der Waals surface area contributed by atoms with E-state index in [0.717, 1.165) is 18.7 Å². The van der Waals surface area contributed by atoms with Crippen molar-refractivity contribution in [2.45, 2.75) is 19.3 Å². The largest absolute Gasteiger partial charge is 0.416 e. The average molecular weight is 282 g/mol. The first kappa shape index (κ1) is 15.3. The second kappa shape index (κ2) is 5.91. The van der Waals surface area contributed by atoms with E-state index in [2.05, 4.69) is 5.32 Å². The lowest BCUT2D eigenvalue weighted by atomic mass is 10.1. The monoisotopic (exact) mass is 281 g/mol. The molecule has 1 aliphatic rings. The van der Waals surface area contributed by atoms with Gasteiger partial charge in [-0.05, 0) is 23.6 Å². The summed E-state index contributed by atoms with van der Waals surface area (Å²) in [6, 6.07) is 5.24. The minimum atomic E-state index is -4.31. The van der Waals surface area contributed by atoms with E-state index >= 15 is 0 Å². The standard InChI is InChI=1S/C12H14F3NO.ClH/c1-8-6-16-11(17-7-8)9-3-2-4-10(5-9)12(13,14)15;/h2-5,8,11,16H,6-7H2,1H3;1H. The summed E-state index contributed by atoms with van der Waals surface area (Å²) < 4.78 is 43.1. The Kier molecular flexibility index (Phi) is 5.01. The van der Waals surface area contributed by atoms with Gasteiger partial charge in [0.1, 0.15) is 6.23 Å². The minimum absolute atomic E-state index is 0. The van der Waals surface area contributed by atoms with Gasteiger partial charge in [-0.15, -0.1) is 12.4 Å². The second-order valence-corrected chi connectivity index (χ2v) is 4.35. The quantitative estimate of drug-likeness (QED) is 0.852. The van der Waals surface area contributed by atoms with Crippen LogP contribution >= 0.6 is 12.4 Å². The normalized spacial score (nSPS) is 24.4. The van der Waals surface area contributed by atoms with Gasteiger partial charge >= 0.3 is 6.18 Å². The van der Waals surface area contributed by atoms with E-state index in [0.29, 0.717) is 18.1 Å². The highest BCUT2D eigenvalue weighted by Gasteiger charge is 2.31. The molecule has 1 aromatic carbocycles. The van der Waals surface area contributed by atoms with Gasteiger partial charge in [0, 0.05) is 6.54 Å². The molecule has 1 N–H and O–H groups in total. The van der Waals surface area contributed by atoms with Gasteiger partial charge in [0.05, 0.1) is 12.2 Å². The zero-order valence-corrected chi connectivity index (χ0v) is 10.6. The number of hydrogen-bond acceptors (Lipinski definition) is 2. The third kappa shape index (κ3) is 3.60. The average Bonchev–Trinajstić information content (AvgIpc) is 2.29. The maximum Gasteiger partial charge on any atom is 0.416 e. The highest BCUT2D eigenvalue weighted by atomic mass is 35.5. The number of benzene rings is 1. The molecule has 0 spiro atoms. The molecule has 1 heterocycles. The fourth-order valence-corrected chi connectivity index (χ4v) is 1.78. The Bertz CT molecular complexity index is 389. The molecule has 0 saturated carbocycles. The Morgan fingerprint density at radius 2 is 2.06 bits per heavy atom. The Morgan fingerprint density at radius 1 is 1.33 bits per heavy atom. The molecular weight excluding hydrogens is 267 g/mol. The van der Waals surface area contributed by atoms with Gasteiger partial charge in [-0.2, -0.15) is 13.2 Å². The van der Waals surface area contributed by atoms with Crippen LogP contribution < -0.4 is 5.32 Å². The summed E-state index contributed by atoms with van der Waals surface area (Å²) >= 11 is 0. The Labute approximate surface area is 110 Å². The van der Waals surface area contributed by atoms with Gasteiger partial charge in [-0.25, -0.2) is 0 Å². The SMILES string of the molecule is CC1CNC(c2cccc(C(F)(F)F)c2)OC1.Cl. The molecule has 18 heavy (non-hydrogen) atoms. The van der Waals surface area contributed by atoms with Crippen molar-refractivity contribution in [3.63, 3.8) is 0 Å². The van der Waals surface area contributed by atoms with Crippen LogP contribution in [-0.4, -0.2) is 13.2 Å². The molecule has 6 heteroatoms. The Balaban J connectivity index is 0.00000162. The van der Waals surface area contributed by atoms with Crippen molar-refractivity contribution in [1.82, 2.24) is 5.32 Å². The predicted molar refractivity (Wildman–Crippen MR) is 64.6 cm³/mol. The summed E-state index contributed by atoms with van der Waals surface area (Å²) in [4.78, 5) is 0. The van der Waals surface area contributed by atoms with E-state index in [4.69, 9.17) is 4.74 Å². The molecule has 2 atom stereocenters. The summed E-state index contributed by atoms with van der Waals surface area (Å²) in [7, 11) is 0. The van der Waals surface area contributed by atoms with Crippen LogP contribution in [0.4, 0.5) is 13.2 Å². The van der Waals surface area contributed by atoms with Crippen LogP contribution in [0.1, 0.15) is 24.3 Å². The van der Waals surface area contributed by atoms with E-state index in [1.165, 1.54) is 6.07 Å². The number of halogens is 4. The maximum atomic E-state index is 12.5. The van der Waals surface area contributed by atoms with Crippen LogP contribution in [0.3, 0.4) is 0 Å². The third-order valence-corrected chi connectivity index (χ3v) is 2.72. The zero-order chi connectivity index (χ0) is 12.5. The number of ether oxygens (including phenoxy) is 1. The van der Waals surface area contributed by atoms with E-state index < -0.39 is 18.0 Å². The van der Waals surface area contributed by atoms with Gasteiger partial charge in [-0.3, -0.25) is 5.32 Å². The van der Waals surface area contributed by atoms with Crippen molar-refractivity contribution in [2.24, 2.45) is 5.92 Å². The van der Waals surface area contributed by atoms with Gasteiger partial charge in [0.2, 0.25) is 0 Å². The van der Waals surface area contributed by atoms with Gasteiger partial charge in [-0.1, -0.05) is 19.1 Å². The summed E-state index contributed by atoms with van der Waals surface area (Å²) in [6.07, 6.45) is -4.74. The molecule has 2 rings (SSSR count). The van der Waals surface area contributed by atoms with Crippen molar-refractivity contribution < 1.29 is 17.9 Å². The smallest absolute Gasteiger partial charge is 0.359 e. The predicted octanol–water partition coefficient (Wildman–Crippen LogP) is 3.38. The highest BCUT2D eigenvalue weighted by Crippen LogP contribution is 2.31. The summed E-state index contributed by atoms with van der Waals surface area (Å²) in [5, 5.41) is 3.07. The van der Waals surface area contributed by atoms with Crippen molar-refractivity contribution >= 4 is 12.4 Å². The van der Waals surface area contributed by atoms with Crippen molar-refractivity contribution in [1.29, 1.82) is 0 Å². The number of nitrogens with one attached hydrogen (secondary N) is 1. The molecule has 0 radical (unpaired) electrons. The first-order valence-corrected chi connectivity index (χ1v) is 5.49. The highest BCUT2D eigenvalue weighted by molar-refractivity contribution is 5.85. The van der Waals surface area contributed by atoms with Crippen LogP contribution in [0.25, 0.3) is 0 Å². The number of alkyl halides is 3. The lowest BCUT2D eigenvalue weighted by Gasteiger charge is -2.28. The van der Waals surface area contributed by atoms with E-state index in [1.807, 2.05) is 6.92 Å². The first-order valence-electron chi connectivity index (χ1n) is 5.49. The van der Waals surface area contributed by atoms with Gasteiger partial charge < -0.3 is 4.74 Å². The molecule has 1 aromatic rings. The fraction of sp³-hybridized carbons (Fsp3) is 0.500. The molecule has 1 saturated heterocycles. The summed E-state index contributed by atoms with van der Waals surface area (Å²) in [6.45, 7) is 3.34. The van der Waals surface area contributed by atoms with Crippen molar-refractivity contribution in [3.8, 4) is 0 Å². The lowest BCUT2D eigenvalue weighted by Crippen LogP contribution is -2.36. The second-order valence-electron chi connectivity index (χ2n) is 4.35. The Hall–Kier alpha value is -0.780. The topological polar surface area (TPSA) is 21.3 Å². The number of hydrogen-bond donors (Lipinski definition) is 1. The van der Waals surface area contributed by atoms with Crippen LogP contribution in [-0.2, 0) is 10.9 Å². The molecule has 2 unspecified atom stereocenters. The van der Waals surface area contributed by atoms with Crippen LogP contribution in [0, 0.1) is 5.92 Å². The Morgan fingerprint density at radius 3 is 2.61 bits per heavy atom. The molecule has 0 amide bonds. The van der Waals surface area contributed by atoms with Crippen LogP contribution in [0.15, 0.2) is 24.3 Å². The summed E-state index contributed by atoms with van der Waals surface area (Å²) in [5.74, 6) is 0.386. The third-order valence-electron chi connectivity index (χ3n) is 2.72. The number of rotatable bonds is 1. The molecule has 0 bridgehead atoms. The van der Waals surface area contributed by atoms with E-state index in [-0.39, 0.29) is 12.4 Å². The minimum Gasteiger partial charge on any atom is -0.359 e. The zero-order valence-electron chi connectivity index (χ0n) is 9.83. The van der Waals surface area contributed by atoms with Crippen LogP contribution in [0.2, 0.25) is 0 Å². The van der Waals surface area contributed by atoms with Crippen molar-refractivity contribution in [3.05, 3.63) is 35.4 Å². The maximum absolute atomic E-state index is 12.5. The molecule has 102 valence electrons. The fourth-order valence-electron chi connectivity index (χ4n) is 1.78.